The Hall–Kier alpha value is -1.77. The van der Waals surface area contributed by atoms with E-state index >= 15 is 0 Å². The molecule has 0 radical (unpaired) electrons. The van der Waals surface area contributed by atoms with Gasteiger partial charge in [-0.15, -0.1) is 0 Å². The van der Waals surface area contributed by atoms with Crippen LogP contribution in [0, 0.1) is 0 Å². The topological polar surface area (TPSA) is 42.4 Å². The number of hydrogen-bond donors (Lipinski definition) is 1. The predicted octanol–water partition coefficient (Wildman–Crippen LogP) is 3.51. The van der Waals surface area contributed by atoms with E-state index in [9.17, 15) is 5.11 Å². The Balaban J connectivity index is 2.32. The van der Waals surface area contributed by atoms with Crippen LogP contribution < -0.4 is 4.74 Å². The summed E-state index contributed by atoms with van der Waals surface area (Å²) >= 11 is 0. The summed E-state index contributed by atoms with van der Waals surface area (Å²) in [5.41, 5.74) is 0. The summed E-state index contributed by atoms with van der Waals surface area (Å²) in [5, 5.41) is 11.3. The molecule has 2 rings (SSSR count). The Kier molecular flexibility index (Phi) is 3.47. The van der Waals surface area contributed by atoms with Gasteiger partial charge < -0.3 is 9.84 Å². The van der Waals surface area contributed by atoms with Gasteiger partial charge in [0.1, 0.15) is 11.5 Å². The quantitative estimate of drug-likeness (QED) is 0.875. The van der Waals surface area contributed by atoms with Crippen LogP contribution in [0.3, 0.4) is 0 Å². The van der Waals surface area contributed by atoms with Gasteiger partial charge in [0, 0.05) is 17.0 Å². The summed E-state index contributed by atoms with van der Waals surface area (Å²) in [7, 11) is 0. The van der Waals surface area contributed by atoms with Gasteiger partial charge in [0.2, 0.25) is 0 Å². The van der Waals surface area contributed by atoms with Crippen molar-refractivity contribution in [2.45, 2.75) is 32.8 Å². The Bertz CT molecular complexity index is 507. The van der Waals surface area contributed by atoms with Crippen LogP contribution in [0.5, 0.6) is 11.5 Å². The highest BCUT2D eigenvalue weighted by Gasteiger charge is 2.06. The van der Waals surface area contributed by atoms with Crippen LogP contribution in [0.15, 0.2) is 30.6 Å². The van der Waals surface area contributed by atoms with Gasteiger partial charge in [-0.1, -0.05) is 13.8 Å². The first-order valence-electron chi connectivity index (χ1n) is 5.98. The van der Waals surface area contributed by atoms with Gasteiger partial charge in [-0.3, -0.25) is 4.98 Å². The summed E-state index contributed by atoms with van der Waals surface area (Å²) in [5.74, 6) is 1.04. The van der Waals surface area contributed by atoms with E-state index in [0.29, 0.717) is 0 Å². The molecule has 90 valence electrons. The van der Waals surface area contributed by atoms with Crippen molar-refractivity contribution in [2.75, 3.05) is 0 Å². The molecule has 0 aliphatic carbocycles. The molecule has 3 nitrogen and oxygen atoms in total. The number of rotatable bonds is 4. The van der Waals surface area contributed by atoms with Gasteiger partial charge in [0.05, 0.1) is 12.3 Å². The zero-order valence-corrected chi connectivity index (χ0v) is 10.2. The fourth-order valence-corrected chi connectivity index (χ4v) is 1.86. The second-order valence-electron chi connectivity index (χ2n) is 4.10. The van der Waals surface area contributed by atoms with E-state index in [2.05, 4.69) is 18.8 Å². The molecule has 0 bridgehead atoms. The molecule has 1 N–H and O–H groups in total. The van der Waals surface area contributed by atoms with E-state index in [1.165, 1.54) is 6.20 Å². The fourth-order valence-electron chi connectivity index (χ4n) is 1.86. The van der Waals surface area contributed by atoms with Crippen molar-refractivity contribution in [1.29, 1.82) is 0 Å². The summed E-state index contributed by atoms with van der Waals surface area (Å²) in [6, 6.07) is 5.67. The number of aromatic nitrogens is 1. The van der Waals surface area contributed by atoms with E-state index < -0.39 is 0 Å². The molecular formula is C14H17NO2. The van der Waals surface area contributed by atoms with Crippen molar-refractivity contribution in [3.05, 3.63) is 30.6 Å². The van der Waals surface area contributed by atoms with Crippen molar-refractivity contribution >= 4 is 10.8 Å². The van der Waals surface area contributed by atoms with Crippen LogP contribution >= 0.6 is 0 Å². The summed E-state index contributed by atoms with van der Waals surface area (Å²) in [4.78, 5) is 3.97. The molecule has 0 spiro atoms. The van der Waals surface area contributed by atoms with Crippen LogP contribution in [-0.2, 0) is 0 Å². The third kappa shape index (κ3) is 2.49. The number of fused-ring (bicyclic) bond motifs is 1. The van der Waals surface area contributed by atoms with Gasteiger partial charge >= 0.3 is 0 Å². The van der Waals surface area contributed by atoms with Crippen LogP contribution in [0.2, 0.25) is 0 Å². The first kappa shape index (κ1) is 11.7. The Morgan fingerprint density at radius 1 is 1.24 bits per heavy atom. The summed E-state index contributed by atoms with van der Waals surface area (Å²) in [6.45, 7) is 4.23. The normalized spacial score (nSPS) is 11.0. The molecule has 0 amide bonds. The fraction of sp³-hybridized carbons (Fsp3) is 0.357. The van der Waals surface area contributed by atoms with Crippen LogP contribution in [0.25, 0.3) is 10.8 Å². The zero-order chi connectivity index (χ0) is 12.3. The molecule has 3 heteroatoms. The standard InChI is InChI=1S/C14H17NO2/c1-3-11(4-2)17-12-5-6-13-10(7-12)8-15-9-14(13)16/h5-9,11,16H,3-4H2,1-2H3. The average molecular weight is 231 g/mol. The molecule has 2 aromatic rings. The van der Waals surface area contributed by atoms with Gasteiger partial charge in [0.15, 0.2) is 0 Å². The first-order chi connectivity index (χ1) is 8.24. The predicted molar refractivity (Wildman–Crippen MR) is 68.4 cm³/mol. The highest BCUT2D eigenvalue weighted by atomic mass is 16.5. The van der Waals surface area contributed by atoms with E-state index in [0.717, 1.165) is 29.4 Å². The SMILES string of the molecule is CCC(CC)Oc1ccc2c(O)cncc2c1. The van der Waals surface area contributed by atoms with Crippen LogP contribution in [0.4, 0.5) is 0 Å². The van der Waals surface area contributed by atoms with Crippen molar-refractivity contribution in [1.82, 2.24) is 4.98 Å². The molecule has 17 heavy (non-hydrogen) atoms. The smallest absolute Gasteiger partial charge is 0.141 e. The van der Waals surface area contributed by atoms with Gasteiger partial charge in [-0.2, -0.15) is 0 Å². The Morgan fingerprint density at radius 2 is 2.00 bits per heavy atom. The first-order valence-corrected chi connectivity index (χ1v) is 5.98. The highest BCUT2D eigenvalue weighted by molar-refractivity contribution is 5.88. The third-order valence-electron chi connectivity index (χ3n) is 2.92. The molecule has 1 heterocycles. The zero-order valence-electron chi connectivity index (χ0n) is 10.2. The molecule has 0 atom stereocenters. The van der Waals surface area contributed by atoms with Gasteiger partial charge in [0.25, 0.3) is 0 Å². The molecule has 0 fully saturated rings. The minimum absolute atomic E-state index is 0.205. The monoisotopic (exact) mass is 231 g/mol. The summed E-state index contributed by atoms with van der Waals surface area (Å²) < 4.78 is 5.85. The summed E-state index contributed by atoms with van der Waals surface area (Å²) in [6.07, 6.45) is 5.41. The van der Waals surface area contributed by atoms with E-state index in [-0.39, 0.29) is 11.9 Å². The number of aromatic hydroxyl groups is 1. The van der Waals surface area contributed by atoms with Crippen molar-refractivity contribution in [3.63, 3.8) is 0 Å². The lowest BCUT2D eigenvalue weighted by molar-refractivity contribution is 0.193. The number of benzene rings is 1. The molecule has 1 aromatic heterocycles. The molecule has 1 aromatic carbocycles. The molecule has 0 aliphatic rings. The molecule has 0 aliphatic heterocycles. The van der Waals surface area contributed by atoms with E-state index in [1.807, 2.05) is 18.2 Å². The third-order valence-corrected chi connectivity index (χ3v) is 2.92. The molecular weight excluding hydrogens is 214 g/mol. The number of pyridine rings is 1. The molecule has 0 saturated heterocycles. The maximum Gasteiger partial charge on any atom is 0.141 e. The highest BCUT2D eigenvalue weighted by Crippen LogP contribution is 2.27. The number of hydrogen-bond acceptors (Lipinski definition) is 3. The maximum atomic E-state index is 9.63. The van der Waals surface area contributed by atoms with E-state index in [4.69, 9.17) is 4.74 Å². The van der Waals surface area contributed by atoms with Crippen LogP contribution in [-0.4, -0.2) is 16.2 Å². The Labute approximate surface area is 101 Å². The lowest BCUT2D eigenvalue weighted by Gasteiger charge is -2.15. The van der Waals surface area contributed by atoms with Crippen LogP contribution in [0.1, 0.15) is 26.7 Å². The largest absolute Gasteiger partial charge is 0.506 e. The van der Waals surface area contributed by atoms with E-state index in [1.54, 1.807) is 6.20 Å². The second-order valence-corrected chi connectivity index (χ2v) is 4.10. The van der Waals surface area contributed by atoms with Gasteiger partial charge in [-0.25, -0.2) is 0 Å². The number of ether oxygens (including phenoxy) is 1. The second kappa shape index (κ2) is 5.04. The lowest BCUT2D eigenvalue weighted by Crippen LogP contribution is -2.13. The molecule has 0 unspecified atom stereocenters. The average Bonchev–Trinajstić information content (AvgIpc) is 2.36. The maximum absolute atomic E-state index is 9.63. The van der Waals surface area contributed by atoms with Crippen molar-refractivity contribution < 1.29 is 9.84 Å². The lowest BCUT2D eigenvalue weighted by atomic mass is 10.1. The van der Waals surface area contributed by atoms with Crippen molar-refractivity contribution in [2.24, 2.45) is 0 Å². The Morgan fingerprint density at radius 3 is 2.71 bits per heavy atom. The number of nitrogens with zero attached hydrogens (tertiary/aromatic N) is 1. The molecule has 0 saturated carbocycles. The van der Waals surface area contributed by atoms with Crippen molar-refractivity contribution in [3.8, 4) is 11.5 Å². The van der Waals surface area contributed by atoms with Gasteiger partial charge in [-0.05, 0) is 31.0 Å². The minimum Gasteiger partial charge on any atom is -0.506 e. The minimum atomic E-state index is 0.205.